The van der Waals surface area contributed by atoms with E-state index >= 15 is 0 Å². The van der Waals surface area contributed by atoms with E-state index in [1.165, 1.54) is 37.8 Å². The highest BCUT2D eigenvalue weighted by Crippen LogP contribution is 2.40. The van der Waals surface area contributed by atoms with E-state index in [4.69, 9.17) is 4.74 Å². The molecular weight excluding hydrogens is 280 g/mol. The van der Waals surface area contributed by atoms with Crippen LogP contribution in [0.3, 0.4) is 0 Å². The molecule has 0 aromatic carbocycles. The molecule has 17 heavy (non-hydrogen) atoms. The molecule has 96 valence electrons. The molecule has 1 heterocycles. The lowest BCUT2D eigenvalue weighted by Gasteiger charge is -2.22. The summed E-state index contributed by atoms with van der Waals surface area (Å²) in [6.45, 7) is 3.05. The van der Waals surface area contributed by atoms with Gasteiger partial charge in [0.15, 0.2) is 5.75 Å². The topological polar surface area (TPSA) is 27.1 Å². The Balaban J connectivity index is 2.32. The van der Waals surface area contributed by atoms with Crippen LogP contribution >= 0.6 is 15.9 Å². The quantitative estimate of drug-likeness (QED) is 0.628. The fraction of sp³-hybridized carbons (Fsp3) is 0.769. The fourth-order valence-electron chi connectivity index (χ4n) is 2.73. The van der Waals surface area contributed by atoms with Gasteiger partial charge >= 0.3 is 0 Å². The van der Waals surface area contributed by atoms with Crippen molar-refractivity contribution >= 4 is 15.9 Å². The maximum absolute atomic E-state index is 5.47. The predicted octanol–water partition coefficient (Wildman–Crippen LogP) is 3.72. The molecule has 2 unspecified atom stereocenters. The van der Waals surface area contributed by atoms with Crippen molar-refractivity contribution in [2.75, 3.05) is 7.11 Å². The van der Waals surface area contributed by atoms with Gasteiger partial charge in [0.05, 0.1) is 19.0 Å². The SMILES string of the molecule is CCn1ncc(OC)c1C1CCCCCC1Br. The van der Waals surface area contributed by atoms with Crippen molar-refractivity contribution in [2.45, 2.75) is 56.3 Å². The van der Waals surface area contributed by atoms with Gasteiger partial charge < -0.3 is 4.74 Å². The monoisotopic (exact) mass is 300 g/mol. The van der Waals surface area contributed by atoms with Crippen LogP contribution in [0.2, 0.25) is 0 Å². The fourth-order valence-corrected chi connectivity index (χ4v) is 3.57. The number of nitrogens with zero attached hydrogens (tertiary/aromatic N) is 2. The van der Waals surface area contributed by atoms with Crippen molar-refractivity contribution in [1.29, 1.82) is 0 Å². The summed E-state index contributed by atoms with van der Waals surface area (Å²) in [6, 6.07) is 0. The number of aryl methyl sites for hydroxylation is 1. The lowest BCUT2D eigenvalue weighted by atomic mass is 9.96. The van der Waals surface area contributed by atoms with Crippen LogP contribution in [0.4, 0.5) is 0 Å². The van der Waals surface area contributed by atoms with Crippen molar-refractivity contribution in [2.24, 2.45) is 0 Å². The second-order valence-corrected chi connectivity index (χ2v) is 5.85. The van der Waals surface area contributed by atoms with Crippen LogP contribution in [0, 0.1) is 0 Å². The van der Waals surface area contributed by atoms with Gasteiger partial charge in [0, 0.05) is 17.3 Å². The number of methoxy groups -OCH3 is 1. The minimum Gasteiger partial charge on any atom is -0.493 e. The van der Waals surface area contributed by atoms with Crippen molar-refractivity contribution in [3.63, 3.8) is 0 Å². The summed E-state index contributed by atoms with van der Waals surface area (Å²) in [7, 11) is 1.74. The van der Waals surface area contributed by atoms with Crippen molar-refractivity contribution in [3.8, 4) is 5.75 Å². The minimum absolute atomic E-state index is 0.537. The zero-order valence-electron chi connectivity index (χ0n) is 10.7. The number of halogens is 1. The first-order valence-electron chi connectivity index (χ1n) is 6.51. The third kappa shape index (κ3) is 2.67. The van der Waals surface area contributed by atoms with E-state index < -0.39 is 0 Å². The molecule has 1 aliphatic rings. The first-order valence-corrected chi connectivity index (χ1v) is 7.43. The number of hydrogen-bond acceptors (Lipinski definition) is 2. The van der Waals surface area contributed by atoms with Gasteiger partial charge in [-0.25, -0.2) is 0 Å². The van der Waals surface area contributed by atoms with Gasteiger partial charge in [-0.1, -0.05) is 35.2 Å². The molecule has 1 aromatic rings. The maximum atomic E-state index is 5.47. The van der Waals surface area contributed by atoms with Gasteiger partial charge in [0.2, 0.25) is 0 Å². The Morgan fingerprint density at radius 2 is 2.18 bits per heavy atom. The number of rotatable bonds is 3. The summed E-state index contributed by atoms with van der Waals surface area (Å²) in [5.74, 6) is 1.48. The molecule has 0 aliphatic heterocycles. The van der Waals surface area contributed by atoms with E-state index in [1.807, 2.05) is 6.20 Å². The molecule has 0 amide bonds. The Morgan fingerprint density at radius 1 is 1.41 bits per heavy atom. The van der Waals surface area contributed by atoms with Crippen LogP contribution in [0.5, 0.6) is 5.75 Å². The first-order chi connectivity index (χ1) is 8.27. The molecule has 1 saturated carbocycles. The lowest BCUT2D eigenvalue weighted by molar-refractivity contribution is 0.397. The Labute approximate surface area is 112 Å². The molecule has 4 heteroatoms. The average Bonchev–Trinajstić information content (AvgIpc) is 2.64. The molecule has 3 nitrogen and oxygen atoms in total. The van der Waals surface area contributed by atoms with Crippen LogP contribution < -0.4 is 4.74 Å². The molecule has 2 atom stereocenters. The molecule has 1 fully saturated rings. The van der Waals surface area contributed by atoms with Gasteiger partial charge in [-0.3, -0.25) is 4.68 Å². The number of aromatic nitrogens is 2. The highest BCUT2D eigenvalue weighted by Gasteiger charge is 2.28. The molecule has 0 radical (unpaired) electrons. The number of ether oxygens (including phenoxy) is 1. The molecule has 0 spiro atoms. The van der Waals surface area contributed by atoms with E-state index in [1.54, 1.807) is 7.11 Å². The lowest BCUT2D eigenvalue weighted by Crippen LogP contribution is -2.16. The normalized spacial score (nSPS) is 25.6. The maximum Gasteiger partial charge on any atom is 0.160 e. The number of alkyl halides is 1. The molecule has 0 saturated heterocycles. The largest absolute Gasteiger partial charge is 0.493 e. The third-order valence-corrected chi connectivity index (χ3v) is 4.74. The highest BCUT2D eigenvalue weighted by atomic mass is 79.9. The smallest absolute Gasteiger partial charge is 0.160 e. The molecule has 1 aromatic heterocycles. The van der Waals surface area contributed by atoms with Gasteiger partial charge in [-0.15, -0.1) is 0 Å². The predicted molar refractivity (Wildman–Crippen MR) is 73.0 cm³/mol. The Hall–Kier alpha value is -0.510. The summed E-state index contributed by atoms with van der Waals surface area (Å²) in [6.07, 6.45) is 8.32. The second-order valence-electron chi connectivity index (χ2n) is 4.67. The standard InChI is InChI=1S/C13H21BrN2O/c1-3-16-13(12(17-2)9-15-16)10-7-5-4-6-8-11(10)14/h9-11H,3-8H2,1-2H3. The summed E-state index contributed by atoms with van der Waals surface area (Å²) in [5, 5.41) is 4.42. The van der Waals surface area contributed by atoms with E-state index in [9.17, 15) is 0 Å². The zero-order valence-corrected chi connectivity index (χ0v) is 12.2. The van der Waals surface area contributed by atoms with Crippen LogP contribution in [0.25, 0.3) is 0 Å². The van der Waals surface area contributed by atoms with Crippen molar-refractivity contribution < 1.29 is 4.74 Å². The molecule has 1 aliphatic carbocycles. The summed E-state index contributed by atoms with van der Waals surface area (Å²) < 4.78 is 7.55. The third-order valence-electron chi connectivity index (χ3n) is 3.65. The van der Waals surface area contributed by atoms with Gasteiger partial charge in [0.1, 0.15) is 0 Å². The van der Waals surface area contributed by atoms with E-state index in [0.29, 0.717) is 10.7 Å². The van der Waals surface area contributed by atoms with E-state index in [2.05, 4.69) is 32.6 Å². The number of hydrogen-bond donors (Lipinski definition) is 0. The van der Waals surface area contributed by atoms with Crippen LogP contribution in [-0.4, -0.2) is 21.7 Å². The Morgan fingerprint density at radius 3 is 2.88 bits per heavy atom. The van der Waals surface area contributed by atoms with Crippen molar-refractivity contribution in [3.05, 3.63) is 11.9 Å². The van der Waals surface area contributed by atoms with Crippen molar-refractivity contribution in [1.82, 2.24) is 9.78 Å². The van der Waals surface area contributed by atoms with Crippen LogP contribution in [0.1, 0.15) is 50.6 Å². The van der Waals surface area contributed by atoms with E-state index in [-0.39, 0.29) is 0 Å². The van der Waals surface area contributed by atoms with Gasteiger partial charge in [-0.2, -0.15) is 5.10 Å². The Bertz CT molecular complexity index is 343. The summed E-state index contributed by atoms with van der Waals surface area (Å²) in [4.78, 5) is 0.556. The zero-order chi connectivity index (χ0) is 12.3. The molecular formula is C13H21BrN2O. The summed E-state index contributed by atoms with van der Waals surface area (Å²) in [5.41, 5.74) is 1.28. The van der Waals surface area contributed by atoms with Crippen LogP contribution in [-0.2, 0) is 6.54 Å². The molecule has 2 rings (SSSR count). The first kappa shape index (κ1) is 12.9. The Kier molecular flexibility index (Phi) is 4.48. The van der Waals surface area contributed by atoms with E-state index in [0.717, 1.165) is 12.3 Å². The van der Waals surface area contributed by atoms with Gasteiger partial charge in [0.25, 0.3) is 0 Å². The second kappa shape index (κ2) is 5.89. The highest BCUT2D eigenvalue weighted by molar-refractivity contribution is 9.09. The van der Waals surface area contributed by atoms with Crippen LogP contribution in [0.15, 0.2) is 6.20 Å². The summed E-state index contributed by atoms with van der Waals surface area (Å²) >= 11 is 3.86. The van der Waals surface area contributed by atoms with Gasteiger partial charge in [-0.05, 0) is 19.8 Å². The average molecular weight is 301 g/mol. The molecule has 0 N–H and O–H groups in total. The molecule has 0 bridgehead atoms. The minimum atomic E-state index is 0.537.